The lowest BCUT2D eigenvalue weighted by Gasteiger charge is -2.32. The number of hydrogen-bond acceptors (Lipinski definition) is 4. The van der Waals surface area contributed by atoms with Crippen LogP contribution in [0.5, 0.6) is 0 Å². The molecule has 1 N–H and O–H groups in total. The van der Waals surface area contributed by atoms with E-state index in [-0.39, 0.29) is 17.9 Å². The molecule has 3 aromatic rings. The summed E-state index contributed by atoms with van der Waals surface area (Å²) in [7, 11) is 0. The van der Waals surface area contributed by atoms with Gasteiger partial charge in [-0.15, -0.1) is 0 Å². The molecule has 2 aromatic carbocycles. The van der Waals surface area contributed by atoms with E-state index < -0.39 is 17.7 Å². The number of piperidine rings is 1. The summed E-state index contributed by atoms with van der Waals surface area (Å²) < 4.78 is 0. The van der Waals surface area contributed by atoms with Crippen molar-refractivity contribution >= 4 is 40.0 Å². The van der Waals surface area contributed by atoms with Crippen molar-refractivity contribution in [3.8, 4) is 0 Å². The maximum Gasteiger partial charge on any atom is 0.336 e. The molecule has 0 saturated carbocycles. The lowest BCUT2D eigenvalue weighted by Crippen LogP contribution is -2.42. The fourth-order valence-corrected chi connectivity index (χ4v) is 4.30. The van der Waals surface area contributed by atoms with Crippen LogP contribution >= 0.6 is 11.6 Å². The number of nitrogens with zero attached hydrogens (tertiary/aromatic N) is 2. The van der Waals surface area contributed by atoms with Gasteiger partial charge in [0.2, 0.25) is 5.78 Å². The number of aromatic nitrogens is 1. The van der Waals surface area contributed by atoms with Crippen LogP contribution in [0.3, 0.4) is 0 Å². The number of carbonyl (C=O) groups excluding carboxylic acids is 2. The monoisotopic (exact) mass is 436 g/mol. The number of ketones is 1. The van der Waals surface area contributed by atoms with Gasteiger partial charge in [-0.05, 0) is 53.3 Å². The molecule has 1 aliphatic heterocycles. The fourth-order valence-electron chi connectivity index (χ4n) is 4.19. The van der Waals surface area contributed by atoms with Crippen LogP contribution in [0.15, 0.2) is 54.7 Å². The van der Waals surface area contributed by atoms with Gasteiger partial charge >= 0.3 is 5.97 Å². The second-order valence-electron chi connectivity index (χ2n) is 7.69. The highest BCUT2D eigenvalue weighted by molar-refractivity contribution is 6.36. The zero-order valence-electron chi connectivity index (χ0n) is 16.8. The number of likely N-dealkylation sites (tertiary alicyclic amines) is 1. The number of carboxylic acids is 1. The van der Waals surface area contributed by atoms with Crippen molar-refractivity contribution in [3.63, 3.8) is 0 Å². The van der Waals surface area contributed by atoms with Crippen LogP contribution < -0.4 is 0 Å². The molecule has 158 valence electrons. The Hall–Kier alpha value is -3.25. The minimum atomic E-state index is -0.947. The number of hydrogen-bond donors (Lipinski definition) is 1. The summed E-state index contributed by atoms with van der Waals surface area (Å²) in [6, 6.07) is 14.3. The van der Waals surface area contributed by atoms with Crippen molar-refractivity contribution in [3.05, 3.63) is 76.6 Å². The van der Waals surface area contributed by atoms with Gasteiger partial charge in [-0.2, -0.15) is 0 Å². The smallest absolute Gasteiger partial charge is 0.336 e. The first-order chi connectivity index (χ1) is 14.9. The van der Waals surface area contributed by atoms with Crippen molar-refractivity contribution in [1.82, 2.24) is 9.88 Å². The SMILES string of the molecule is O=C(Cc1ccc(Cl)cn1)C(=O)N1CCC(c2ccc(C(=O)O)c3ccccc23)CC1. The van der Waals surface area contributed by atoms with Gasteiger partial charge in [0.05, 0.1) is 17.0 Å². The van der Waals surface area contributed by atoms with Crippen LogP contribution in [0.25, 0.3) is 10.8 Å². The number of benzene rings is 2. The molecule has 0 spiro atoms. The first-order valence-corrected chi connectivity index (χ1v) is 10.5. The maximum atomic E-state index is 12.6. The maximum absolute atomic E-state index is 12.6. The Labute approximate surface area is 184 Å². The highest BCUT2D eigenvalue weighted by Crippen LogP contribution is 2.34. The van der Waals surface area contributed by atoms with Crippen LogP contribution in [-0.2, 0) is 16.0 Å². The zero-order valence-corrected chi connectivity index (χ0v) is 17.5. The minimum Gasteiger partial charge on any atom is -0.478 e. The summed E-state index contributed by atoms with van der Waals surface area (Å²) in [5, 5.41) is 11.6. The molecule has 6 nitrogen and oxygen atoms in total. The van der Waals surface area contributed by atoms with Gasteiger partial charge in [-0.1, -0.05) is 41.9 Å². The van der Waals surface area contributed by atoms with Crippen molar-refractivity contribution in [2.24, 2.45) is 0 Å². The van der Waals surface area contributed by atoms with E-state index >= 15 is 0 Å². The normalized spacial score (nSPS) is 14.5. The average molecular weight is 437 g/mol. The number of rotatable bonds is 5. The predicted octanol–water partition coefficient (Wildman–Crippen LogP) is 4.10. The summed E-state index contributed by atoms with van der Waals surface area (Å²) in [5.74, 6) is -1.72. The number of carboxylic acid groups (broad SMARTS) is 1. The molecule has 0 bridgehead atoms. The summed E-state index contributed by atoms with van der Waals surface area (Å²) in [5.41, 5.74) is 1.89. The molecule has 1 saturated heterocycles. The molecule has 31 heavy (non-hydrogen) atoms. The summed E-state index contributed by atoms with van der Waals surface area (Å²) in [4.78, 5) is 42.2. The topological polar surface area (TPSA) is 87.6 Å². The Morgan fingerprint density at radius 3 is 2.35 bits per heavy atom. The lowest BCUT2D eigenvalue weighted by molar-refractivity contribution is -0.145. The molecule has 0 unspecified atom stereocenters. The van der Waals surface area contributed by atoms with Gasteiger partial charge in [0.15, 0.2) is 0 Å². The third-order valence-corrected chi connectivity index (χ3v) is 6.00. The molecule has 0 atom stereocenters. The van der Waals surface area contributed by atoms with Gasteiger partial charge < -0.3 is 10.0 Å². The Morgan fingerprint density at radius 2 is 1.71 bits per heavy atom. The van der Waals surface area contributed by atoms with Gasteiger partial charge in [0.1, 0.15) is 0 Å². The highest BCUT2D eigenvalue weighted by Gasteiger charge is 2.28. The standard InChI is InChI=1S/C24H21ClN2O4/c25-16-5-6-17(26-14-16)13-22(28)23(29)27-11-9-15(10-12-27)18-7-8-21(24(30)31)20-4-2-1-3-19(18)20/h1-8,14-15H,9-13H2,(H,30,31). The van der Waals surface area contributed by atoms with E-state index in [9.17, 15) is 19.5 Å². The Bertz CT molecular complexity index is 1150. The minimum absolute atomic E-state index is 0.0444. The second-order valence-corrected chi connectivity index (χ2v) is 8.12. The number of fused-ring (bicyclic) bond motifs is 1. The highest BCUT2D eigenvalue weighted by atomic mass is 35.5. The molecule has 0 aliphatic carbocycles. The van der Waals surface area contributed by atoms with Gasteiger partial charge in [-0.3, -0.25) is 14.6 Å². The van der Waals surface area contributed by atoms with Crippen LogP contribution in [0, 0.1) is 0 Å². The third-order valence-electron chi connectivity index (χ3n) is 5.78. The number of carbonyl (C=O) groups is 3. The fraction of sp³-hybridized carbons (Fsp3) is 0.250. The number of pyridine rings is 1. The van der Waals surface area contributed by atoms with Gasteiger partial charge in [0.25, 0.3) is 5.91 Å². The Kier molecular flexibility index (Phi) is 6.00. The van der Waals surface area contributed by atoms with E-state index in [1.54, 1.807) is 23.1 Å². The Balaban J connectivity index is 1.44. The van der Waals surface area contributed by atoms with E-state index in [0.29, 0.717) is 36.6 Å². The predicted molar refractivity (Wildman–Crippen MR) is 117 cm³/mol. The molecule has 4 rings (SSSR count). The van der Waals surface area contributed by atoms with E-state index in [1.807, 2.05) is 30.3 Å². The number of halogens is 1. The second kappa shape index (κ2) is 8.86. The molecule has 1 fully saturated rings. The van der Waals surface area contributed by atoms with Crippen molar-refractivity contribution in [1.29, 1.82) is 0 Å². The van der Waals surface area contributed by atoms with Crippen molar-refractivity contribution in [2.75, 3.05) is 13.1 Å². The van der Waals surface area contributed by atoms with Crippen LogP contribution in [0.4, 0.5) is 0 Å². The molecule has 2 heterocycles. The average Bonchev–Trinajstić information content (AvgIpc) is 2.79. The third kappa shape index (κ3) is 4.44. The molecule has 0 radical (unpaired) electrons. The number of Topliss-reactive ketones (excluding diaryl/α,β-unsaturated/α-hetero) is 1. The molecule has 7 heteroatoms. The summed E-state index contributed by atoms with van der Waals surface area (Å²) in [6.07, 6.45) is 2.85. The van der Waals surface area contributed by atoms with Gasteiger partial charge in [0, 0.05) is 25.0 Å². The number of aromatic carboxylic acids is 1. The van der Waals surface area contributed by atoms with Crippen LogP contribution in [-0.4, -0.2) is 45.7 Å². The van der Waals surface area contributed by atoms with Crippen molar-refractivity contribution in [2.45, 2.75) is 25.2 Å². The molecular weight excluding hydrogens is 416 g/mol. The van der Waals surface area contributed by atoms with Crippen molar-refractivity contribution < 1.29 is 19.5 Å². The van der Waals surface area contributed by atoms with E-state index in [0.717, 1.165) is 16.3 Å². The largest absolute Gasteiger partial charge is 0.478 e. The van der Waals surface area contributed by atoms with Crippen LogP contribution in [0.1, 0.15) is 40.4 Å². The Morgan fingerprint density at radius 1 is 1.00 bits per heavy atom. The molecule has 1 amide bonds. The molecule has 1 aromatic heterocycles. The quantitative estimate of drug-likeness (QED) is 0.608. The summed E-state index contributed by atoms with van der Waals surface area (Å²) in [6.45, 7) is 0.969. The first-order valence-electron chi connectivity index (χ1n) is 10.1. The summed E-state index contributed by atoms with van der Waals surface area (Å²) >= 11 is 5.81. The van der Waals surface area contributed by atoms with Gasteiger partial charge in [-0.25, -0.2) is 4.79 Å². The van der Waals surface area contributed by atoms with E-state index in [4.69, 9.17) is 11.6 Å². The lowest BCUT2D eigenvalue weighted by atomic mass is 9.85. The zero-order chi connectivity index (χ0) is 22.0. The van der Waals surface area contributed by atoms with Crippen LogP contribution in [0.2, 0.25) is 5.02 Å². The number of amides is 1. The van der Waals surface area contributed by atoms with E-state index in [2.05, 4.69) is 4.98 Å². The molecule has 1 aliphatic rings. The first kappa shape index (κ1) is 21.0. The molecular formula is C24H21ClN2O4. The van der Waals surface area contributed by atoms with E-state index in [1.165, 1.54) is 6.20 Å².